The molecule has 5 nitrogen and oxygen atoms in total. The summed E-state index contributed by atoms with van der Waals surface area (Å²) in [6, 6.07) is 5.47. The normalized spacial score (nSPS) is 12.3. The summed E-state index contributed by atoms with van der Waals surface area (Å²) in [6.07, 6.45) is -0.868. The van der Waals surface area contributed by atoms with Crippen molar-refractivity contribution in [3.8, 4) is 11.3 Å². The van der Waals surface area contributed by atoms with Gasteiger partial charge in [-0.05, 0) is 30.5 Å². The van der Waals surface area contributed by atoms with E-state index in [1.807, 2.05) is 29.8 Å². The molecule has 1 atom stereocenters. The van der Waals surface area contributed by atoms with Crippen LogP contribution >= 0.6 is 11.3 Å². The van der Waals surface area contributed by atoms with Gasteiger partial charge in [0.25, 0.3) is 0 Å². The molecule has 0 aliphatic heterocycles. The maximum Gasteiger partial charge on any atom is 0.246 e. The predicted molar refractivity (Wildman–Crippen MR) is 76.5 cm³/mol. The Morgan fingerprint density at radius 1 is 1.50 bits per heavy atom. The number of amides is 1. The van der Waals surface area contributed by atoms with E-state index in [2.05, 4.69) is 5.32 Å². The van der Waals surface area contributed by atoms with Crippen LogP contribution in [0.25, 0.3) is 11.3 Å². The molecule has 1 amide bonds. The van der Waals surface area contributed by atoms with Crippen LogP contribution in [0.1, 0.15) is 18.8 Å². The highest BCUT2D eigenvalue weighted by molar-refractivity contribution is 7.08. The average molecular weight is 295 g/mol. The van der Waals surface area contributed by atoms with Crippen molar-refractivity contribution in [1.82, 2.24) is 5.32 Å². The summed E-state index contributed by atoms with van der Waals surface area (Å²) in [5.41, 5.74) is 0.980. The third kappa shape index (κ3) is 3.93. The number of hydrogen-bond donors (Lipinski definition) is 2. The second-order valence-corrected chi connectivity index (χ2v) is 4.95. The van der Waals surface area contributed by atoms with Gasteiger partial charge in [-0.25, -0.2) is 0 Å². The topological polar surface area (TPSA) is 71.7 Å². The number of nitrogens with one attached hydrogen (secondary N) is 1. The van der Waals surface area contributed by atoms with Crippen molar-refractivity contribution in [3.63, 3.8) is 0 Å². The van der Waals surface area contributed by atoms with Crippen LogP contribution < -0.4 is 5.32 Å². The summed E-state index contributed by atoms with van der Waals surface area (Å²) in [5, 5.41) is 16.5. The standard InChI is InChI=1S/C14H17NO4S/c1-2-18-8-14(17)15-7-11(16)13-4-3-12(19-13)10-5-6-20-9-10/h3-6,9,11,16H,2,7-8H2,1H3,(H,15,17). The lowest BCUT2D eigenvalue weighted by Gasteiger charge is -2.09. The molecule has 0 radical (unpaired) electrons. The fraction of sp³-hybridized carbons (Fsp3) is 0.357. The zero-order valence-corrected chi connectivity index (χ0v) is 12.0. The zero-order chi connectivity index (χ0) is 14.4. The Balaban J connectivity index is 1.87. The first-order chi connectivity index (χ1) is 9.70. The lowest BCUT2D eigenvalue weighted by molar-refractivity contribution is -0.126. The smallest absolute Gasteiger partial charge is 0.246 e. The van der Waals surface area contributed by atoms with E-state index in [1.54, 1.807) is 17.4 Å². The Morgan fingerprint density at radius 2 is 2.35 bits per heavy atom. The van der Waals surface area contributed by atoms with E-state index in [0.29, 0.717) is 18.1 Å². The van der Waals surface area contributed by atoms with E-state index in [1.165, 1.54) is 0 Å². The number of aliphatic hydroxyl groups is 1. The number of aliphatic hydroxyl groups excluding tert-OH is 1. The van der Waals surface area contributed by atoms with Crippen LogP contribution in [0.5, 0.6) is 0 Å². The highest BCUT2D eigenvalue weighted by atomic mass is 32.1. The molecule has 0 saturated carbocycles. The Labute approximate surface area is 121 Å². The van der Waals surface area contributed by atoms with Gasteiger partial charge in [-0.1, -0.05) is 0 Å². The molecule has 2 heterocycles. The molecule has 0 aromatic carbocycles. The fourth-order valence-corrected chi connectivity index (χ4v) is 2.29. The maximum absolute atomic E-state index is 11.4. The Morgan fingerprint density at radius 3 is 3.05 bits per heavy atom. The van der Waals surface area contributed by atoms with Gasteiger partial charge in [0.15, 0.2) is 0 Å². The van der Waals surface area contributed by atoms with Gasteiger partial charge < -0.3 is 19.6 Å². The highest BCUT2D eigenvalue weighted by Crippen LogP contribution is 2.26. The van der Waals surface area contributed by atoms with Crippen LogP contribution in [0, 0.1) is 0 Å². The molecule has 2 aromatic heterocycles. The molecule has 2 N–H and O–H groups in total. The van der Waals surface area contributed by atoms with Crippen molar-refractivity contribution < 1.29 is 19.1 Å². The van der Waals surface area contributed by atoms with E-state index in [4.69, 9.17) is 9.15 Å². The van der Waals surface area contributed by atoms with E-state index in [9.17, 15) is 9.90 Å². The Bertz CT molecular complexity index is 535. The van der Waals surface area contributed by atoms with Gasteiger partial charge in [0, 0.05) is 17.6 Å². The summed E-state index contributed by atoms with van der Waals surface area (Å²) in [6.45, 7) is 2.40. The second-order valence-electron chi connectivity index (χ2n) is 4.17. The zero-order valence-electron chi connectivity index (χ0n) is 11.2. The minimum absolute atomic E-state index is 0.00152. The monoisotopic (exact) mass is 295 g/mol. The van der Waals surface area contributed by atoms with Gasteiger partial charge in [-0.15, -0.1) is 0 Å². The number of ether oxygens (including phenoxy) is 1. The molecule has 0 aliphatic carbocycles. The van der Waals surface area contributed by atoms with Crippen molar-refractivity contribution >= 4 is 17.2 Å². The largest absolute Gasteiger partial charge is 0.458 e. The average Bonchev–Trinajstić information content (AvgIpc) is 3.11. The van der Waals surface area contributed by atoms with Crippen molar-refractivity contribution in [2.45, 2.75) is 13.0 Å². The van der Waals surface area contributed by atoms with Crippen LogP contribution in [-0.2, 0) is 9.53 Å². The van der Waals surface area contributed by atoms with Gasteiger partial charge in [-0.2, -0.15) is 11.3 Å². The van der Waals surface area contributed by atoms with Crippen LogP contribution in [0.15, 0.2) is 33.4 Å². The number of hydrogen-bond acceptors (Lipinski definition) is 5. The van der Waals surface area contributed by atoms with Crippen molar-refractivity contribution in [1.29, 1.82) is 0 Å². The molecular weight excluding hydrogens is 278 g/mol. The number of carbonyl (C=O) groups is 1. The van der Waals surface area contributed by atoms with Gasteiger partial charge in [0.2, 0.25) is 5.91 Å². The molecule has 0 fully saturated rings. The number of carbonyl (C=O) groups excluding carboxylic acids is 1. The molecule has 0 bridgehead atoms. The van der Waals surface area contributed by atoms with E-state index < -0.39 is 6.10 Å². The summed E-state index contributed by atoms with van der Waals surface area (Å²) in [4.78, 5) is 11.4. The molecule has 108 valence electrons. The first-order valence-electron chi connectivity index (χ1n) is 6.35. The quantitative estimate of drug-likeness (QED) is 0.821. The molecule has 20 heavy (non-hydrogen) atoms. The van der Waals surface area contributed by atoms with Crippen LogP contribution in [-0.4, -0.2) is 30.8 Å². The summed E-state index contributed by atoms with van der Waals surface area (Å²) < 4.78 is 10.5. The van der Waals surface area contributed by atoms with Gasteiger partial charge in [-0.3, -0.25) is 4.79 Å². The van der Waals surface area contributed by atoms with Crippen LogP contribution in [0.3, 0.4) is 0 Å². The lowest BCUT2D eigenvalue weighted by Crippen LogP contribution is -2.31. The number of rotatable bonds is 7. The highest BCUT2D eigenvalue weighted by Gasteiger charge is 2.14. The van der Waals surface area contributed by atoms with E-state index >= 15 is 0 Å². The number of thiophene rings is 1. The van der Waals surface area contributed by atoms with Gasteiger partial charge in [0.1, 0.15) is 24.2 Å². The molecule has 0 spiro atoms. The summed E-state index contributed by atoms with van der Waals surface area (Å²) >= 11 is 1.58. The third-order valence-electron chi connectivity index (χ3n) is 2.69. The summed E-state index contributed by atoms with van der Waals surface area (Å²) in [7, 11) is 0. The first kappa shape index (κ1) is 14.8. The molecular formula is C14H17NO4S. The molecule has 2 aromatic rings. The van der Waals surface area contributed by atoms with Crippen molar-refractivity contribution in [2.24, 2.45) is 0 Å². The molecule has 0 aliphatic rings. The first-order valence-corrected chi connectivity index (χ1v) is 7.29. The molecule has 2 rings (SSSR count). The molecule has 6 heteroatoms. The van der Waals surface area contributed by atoms with Crippen LogP contribution in [0.2, 0.25) is 0 Å². The van der Waals surface area contributed by atoms with E-state index in [0.717, 1.165) is 5.56 Å². The molecule has 0 saturated heterocycles. The molecule has 1 unspecified atom stereocenters. The Hall–Kier alpha value is -1.63. The van der Waals surface area contributed by atoms with Gasteiger partial charge in [0.05, 0.1) is 6.54 Å². The third-order valence-corrected chi connectivity index (χ3v) is 3.37. The summed E-state index contributed by atoms with van der Waals surface area (Å²) in [5.74, 6) is 0.888. The van der Waals surface area contributed by atoms with Crippen molar-refractivity contribution in [3.05, 3.63) is 34.7 Å². The minimum atomic E-state index is -0.868. The van der Waals surface area contributed by atoms with Crippen LogP contribution in [0.4, 0.5) is 0 Å². The lowest BCUT2D eigenvalue weighted by atomic mass is 10.2. The fourth-order valence-electron chi connectivity index (χ4n) is 1.65. The SMILES string of the molecule is CCOCC(=O)NCC(O)c1ccc(-c2ccsc2)o1. The maximum atomic E-state index is 11.4. The second kappa shape index (κ2) is 7.23. The number of furan rings is 1. The Kier molecular flexibility index (Phi) is 5.34. The van der Waals surface area contributed by atoms with Gasteiger partial charge >= 0.3 is 0 Å². The van der Waals surface area contributed by atoms with E-state index in [-0.39, 0.29) is 19.1 Å². The minimum Gasteiger partial charge on any atom is -0.458 e. The van der Waals surface area contributed by atoms with Crippen molar-refractivity contribution in [2.75, 3.05) is 19.8 Å². The predicted octanol–water partition coefficient (Wildman–Crippen LogP) is 2.19.